The van der Waals surface area contributed by atoms with E-state index in [-0.39, 0.29) is 31.1 Å². The third kappa shape index (κ3) is 69.2. The Labute approximate surface area is 477 Å². The van der Waals surface area contributed by atoms with Gasteiger partial charge in [0.15, 0.2) is 6.10 Å². The van der Waals surface area contributed by atoms with Crippen LogP contribution in [0.5, 0.6) is 0 Å². The Kier molecular flexibility index (Phi) is 66.6. The molecule has 0 aliphatic heterocycles. The van der Waals surface area contributed by atoms with Gasteiger partial charge >= 0.3 is 23.9 Å². The van der Waals surface area contributed by atoms with E-state index in [2.05, 4.69) is 64.2 Å². The van der Waals surface area contributed by atoms with Crippen LogP contribution in [0.25, 0.3) is 0 Å². The molecule has 8 heteroatoms. The summed E-state index contributed by atoms with van der Waals surface area (Å²) in [6, 6.07) is 0. The second-order valence-electron chi connectivity index (χ2n) is 22.5. The van der Waals surface area contributed by atoms with Crippen molar-refractivity contribution < 1.29 is 38.5 Å². The first-order valence-corrected chi connectivity index (χ1v) is 33.5. The van der Waals surface area contributed by atoms with Crippen molar-refractivity contribution in [1.82, 2.24) is 0 Å². The number of hydrogen-bond acceptors (Lipinski definition) is 7. The maximum Gasteiger partial charge on any atom is 0.306 e. The molecule has 0 aromatic rings. The van der Waals surface area contributed by atoms with Gasteiger partial charge in [0.05, 0.1) is 0 Å². The van der Waals surface area contributed by atoms with Crippen LogP contribution in [-0.2, 0) is 33.4 Å². The van der Waals surface area contributed by atoms with Gasteiger partial charge in [-0.1, -0.05) is 270 Å². The van der Waals surface area contributed by atoms with Gasteiger partial charge in [-0.05, 0) is 103 Å². The molecule has 0 unspecified atom stereocenters. The van der Waals surface area contributed by atoms with Crippen molar-refractivity contribution in [2.24, 2.45) is 0 Å². The topological polar surface area (TPSA) is 116 Å². The number of allylic oxidation sites excluding steroid dienone is 6. The lowest BCUT2D eigenvalue weighted by molar-refractivity contribution is -0.167. The van der Waals surface area contributed by atoms with Crippen LogP contribution in [0.15, 0.2) is 36.5 Å². The predicted molar refractivity (Wildman–Crippen MR) is 330 cm³/mol. The van der Waals surface area contributed by atoms with E-state index in [1.54, 1.807) is 0 Å². The van der Waals surface area contributed by atoms with Gasteiger partial charge in [0.1, 0.15) is 13.2 Å². The fourth-order valence-corrected chi connectivity index (χ4v) is 9.48. The molecule has 0 spiro atoms. The first-order chi connectivity index (χ1) is 37.8. The molecule has 0 aliphatic carbocycles. The molecule has 0 atom stereocenters. The van der Waals surface area contributed by atoms with Gasteiger partial charge in [-0.3, -0.25) is 19.2 Å². The number of carboxylic acid groups (broad SMARTS) is 1. The Balaban J connectivity index is 0. The van der Waals surface area contributed by atoms with Crippen molar-refractivity contribution in [3.05, 3.63) is 36.5 Å². The molecule has 77 heavy (non-hydrogen) atoms. The zero-order chi connectivity index (χ0) is 56.4. The third-order valence-electron chi connectivity index (χ3n) is 14.6. The van der Waals surface area contributed by atoms with E-state index in [9.17, 15) is 19.2 Å². The number of carbonyl (C=O) groups is 4. The molecule has 1 N–H and O–H groups in total. The Morgan fingerprint density at radius 3 is 0.740 bits per heavy atom. The standard InChI is InChI=1S/C57H104O6.C12H24O2/c1-4-7-10-13-16-19-22-25-28-31-34-37-40-43-46-49-55(58)61-52-54(63-57(60)51-48-45-42-39-36-33-30-27-24-21-18-15-12-9-6-3)53-62-56(59)50-47-44-41-38-35-32-29-26-23-20-17-14-11-8-5-2;1-2-3-4-5-6-7-8-9-10-11-12(13)14/h25-30,54H,4-24,31-53H2,1-3H3;2-11H2,1H3,(H,13,14)/b28-25-,29-26-,30-27-;. The predicted octanol–water partition coefficient (Wildman–Crippen LogP) is 22.1. The van der Waals surface area contributed by atoms with Gasteiger partial charge in [-0.15, -0.1) is 0 Å². The first kappa shape index (κ1) is 76.2. The lowest BCUT2D eigenvalue weighted by atomic mass is 10.1. The number of unbranched alkanes of at least 4 members (excludes halogenated alkanes) is 41. The van der Waals surface area contributed by atoms with Crippen LogP contribution in [0, 0.1) is 0 Å². The minimum Gasteiger partial charge on any atom is -0.481 e. The lowest BCUT2D eigenvalue weighted by Crippen LogP contribution is -2.30. The second-order valence-corrected chi connectivity index (χ2v) is 22.5. The molecule has 8 nitrogen and oxygen atoms in total. The number of esters is 3. The van der Waals surface area contributed by atoms with Crippen LogP contribution in [-0.4, -0.2) is 48.3 Å². The van der Waals surface area contributed by atoms with Gasteiger partial charge < -0.3 is 19.3 Å². The highest BCUT2D eigenvalue weighted by atomic mass is 16.6. The Hall–Kier alpha value is -2.90. The maximum atomic E-state index is 12.8. The van der Waals surface area contributed by atoms with Crippen molar-refractivity contribution >= 4 is 23.9 Å². The molecule has 452 valence electrons. The lowest BCUT2D eigenvalue weighted by Gasteiger charge is -2.18. The molecule has 0 heterocycles. The summed E-state index contributed by atoms with van der Waals surface area (Å²) in [4.78, 5) is 48.2. The average molecular weight is 1090 g/mol. The van der Waals surface area contributed by atoms with E-state index < -0.39 is 12.1 Å². The van der Waals surface area contributed by atoms with Gasteiger partial charge in [-0.2, -0.15) is 0 Å². The number of hydrogen-bond donors (Lipinski definition) is 1. The van der Waals surface area contributed by atoms with E-state index in [1.807, 2.05) is 0 Å². The summed E-state index contributed by atoms with van der Waals surface area (Å²) in [6.45, 7) is 8.86. The van der Waals surface area contributed by atoms with Crippen LogP contribution < -0.4 is 0 Å². The second kappa shape index (κ2) is 67.4. The minimum atomic E-state index is -0.781. The van der Waals surface area contributed by atoms with Crippen molar-refractivity contribution in [3.63, 3.8) is 0 Å². The highest BCUT2D eigenvalue weighted by Crippen LogP contribution is 2.16. The molecule has 0 bridgehead atoms. The molecule has 0 rings (SSSR count). The van der Waals surface area contributed by atoms with Gasteiger partial charge in [0.25, 0.3) is 0 Å². The SMILES string of the molecule is CCCCCCCC/C=C\CCCCCCCC(=O)OCC(COC(=O)CCCCCCC/C=C\CCCCCCCC)OC(=O)CCCCCCC/C=C\CCCCCCCC.CCCCCCCCCCCC(=O)O. The number of rotatable bonds is 60. The summed E-state index contributed by atoms with van der Waals surface area (Å²) in [5.41, 5.74) is 0. The third-order valence-corrected chi connectivity index (χ3v) is 14.6. The molecule has 0 aliphatic rings. The van der Waals surface area contributed by atoms with Gasteiger partial charge in [-0.25, -0.2) is 0 Å². The van der Waals surface area contributed by atoms with E-state index in [1.165, 1.54) is 218 Å². The molecule has 0 aromatic carbocycles. The zero-order valence-corrected chi connectivity index (χ0v) is 51.5. The minimum absolute atomic E-state index is 0.0806. The summed E-state index contributed by atoms with van der Waals surface area (Å²) in [6.07, 6.45) is 72.7. The maximum absolute atomic E-state index is 12.8. The van der Waals surface area contributed by atoms with Gasteiger partial charge in [0.2, 0.25) is 0 Å². The summed E-state index contributed by atoms with van der Waals surface area (Å²) >= 11 is 0. The largest absolute Gasteiger partial charge is 0.481 e. The zero-order valence-electron chi connectivity index (χ0n) is 51.5. The fourth-order valence-electron chi connectivity index (χ4n) is 9.48. The Morgan fingerprint density at radius 2 is 0.494 bits per heavy atom. The molecule has 0 radical (unpaired) electrons. The van der Waals surface area contributed by atoms with Crippen molar-refractivity contribution in [2.75, 3.05) is 13.2 Å². The van der Waals surface area contributed by atoms with E-state index in [0.717, 1.165) is 89.9 Å². The van der Waals surface area contributed by atoms with Crippen molar-refractivity contribution in [2.45, 2.75) is 368 Å². The Morgan fingerprint density at radius 1 is 0.286 bits per heavy atom. The van der Waals surface area contributed by atoms with E-state index >= 15 is 0 Å². The summed E-state index contributed by atoms with van der Waals surface area (Å²) < 4.78 is 16.8. The summed E-state index contributed by atoms with van der Waals surface area (Å²) in [7, 11) is 0. The quantitative estimate of drug-likeness (QED) is 0.0277. The monoisotopic (exact) mass is 1080 g/mol. The highest BCUT2D eigenvalue weighted by molar-refractivity contribution is 5.71. The van der Waals surface area contributed by atoms with Gasteiger partial charge in [0, 0.05) is 25.7 Å². The molecule has 0 aromatic heterocycles. The van der Waals surface area contributed by atoms with Crippen molar-refractivity contribution in [1.29, 1.82) is 0 Å². The normalized spacial score (nSPS) is 11.5. The summed E-state index contributed by atoms with van der Waals surface area (Å²) in [5.74, 6) is -1.55. The summed E-state index contributed by atoms with van der Waals surface area (Å²) in [5, 5.41) is 8.41. The fraction of sp³-hybridized carbons (Fsp3) is 0.855. The van der Waals surface area contributed by atoms with E-state index in [0.29, 0.717) is 25.7 Å². The van der Waals surface area contributed by atoms with E-state index in [4.69, 9.17) is 19.3 Å². The molecular formula is C69H128O8. The van der Waals surface area contributed by atoms with Crippen LogP contribution in [0.4, 0.5) is 0 Å². The number of aliphatic carboxylic acids is 1. The van der Waals surface area contributed by atoms with Crippen LogP contribution >= 0.6 is 0 Å². The average Bonchev–Trinajstić information content (AvgIpc) is 3.42. The molecule has 0 fully saturated rings. The number of carbonyl (C=O) groups excluding carboxylic acids is 3. The molecular weight excluding hydrogens is 957 g/mol. The molecule has 0 saturated carbocycles. The van der Waals surface area contributed by atoms with Crippen LogP contribution in [0.2, 0.25) is 0 Å². The number of ether oxygens (including phenoxy) is 3. The van der Waals surface area contributed by atoms with Crippen molar-refractivity contribution in [3.8, 4) is 0 Å². The smallest absolute Gasteiger partial charge is 0.306 e. The molecule has 0 saturated heterocycles. The van der Waals surface area contributed by atoms with Crippen LogP contribution in [0.3, 0.4) is 0 Å². The molecule has 0 amide bonds. The highest BCUT2D eigenvalue weighted by Gasteiger charge is 2.19. The Bertz CT molecular complexity index is 1270. The number of carboxylic acids is 1. The van der Waals surface area contributed by atoms with Crippen LogP contribution in [0.1, 0.15) is 362 Å². The first-order valence-electron chi connectivity index (χ1n) is 33.5.